The molecule has 112 valence electrons. The molecule has 0 bridgehead atoms. The van der Waals surface area contributed by atoms with Crippen molar-refractivity contribution in [3.8, 4) is 0 Å². The van der Waals surface area contributed by atoms with Crippen LogP contribution in [0.3, 0.4) is 0 Å². The maximum absolute atomic E-state index is 11.7. The minimum atomic E-state index is -0.922. The van der Waals surface area contributed by atoms with Crippen LogP contribution in [-0.4, -0.2) is 54.7 Å². The van der Waals surface area contributed by atoms with E-state index in [0.717, 1.165) is 0 Å². The van der Waals surface area contributed by atoms with E-state index in [0.29, 0.717) is 13.0 Å². The zero-order valence-corrected chi connectivity index (χ0v) is 12.8. The molecule has 2 amide bonds. The molecule has 0 aliphatic rings. The summed E-state index contributed by atoms with van der Waals surface area (Å²) in [5, 5.41) is 14.5. The maximum Gasteiger partial charge on any atom is 0.314 e. The Labute approximate surface area is 115 Å². The van der Waals surface area contributed by atoms with Gasteiger partial charge in [0, 0.05) is 18.6 Å². The molecule has 0 saturated carbocycles. The monoisotopic (exact) mass is 273 g/mol. The molecule has 1 atom stereocenters. The lowest BCUT2D eigenvalue weighted by molar-refractivity contribution is -0.147. The molecule has 0 aromatic heterocycles. The van der Waals surface area contributed by atoms with Gasteiger partial charge in [-0.2, -0.15) is 0 Å². The number of urea groups is 1. The van der Waals surface area contributed by atoms with Crippen molar-refractivity contribution < 1.29 is 14.7 Å². The standard InChI is InChI=1S/C13H27N3O3/c1-7-13(4,10(17)18)9-15-11(19)14-8-12(2,3)16(5)6/h7-9H2,1-6H3,(H,17,18)(H2,14,15,19). The predicted molar refractivity (Wildman–Crippen MR) is 75.2 cm³/mol. The number of hydrogen-bond acceptors (Lipinski definition) is 3. The number of amides is 2. The first kappa shape index (κ1) is 17.7. The number of carboxylic acids is 1. The number of carboxylic acid groups (broad SMARTS) is 1. The fourth-order valence-electron chi connectivity index (χ4n) is 1.14. The van der Waals surface area contributed by atoms with Crippen LogP contribution in [-0.2, 0) is 4.79 Å². The van der Waals surface area contributed by atoms with Gasteiger partial charge in [-0.3, -0.25) is 4.79 Å². The van der Waals surface area contributed by atoms with Gasteiger partial charge in [0.15, 0.2) is 0 Å². The third-order valence-electron chi connectivity index (χ3n) is 3.83. The summed E-state index contributed by atoms with van der Waals surface area (Å²) in [7, 11) is 3.89. The van der Waals surface area contributed by atoms with E-state index >= 15 is 0 Å². The van der Waals surface area contributed by atoms with Crippen molar-refractivity contribution in [1.29, 1.82) is 0 Å². The van der Waals surface area contributed by atoms with E-state index in [1.165, 1.54) is 0 Å². The van der Waals surface area contributed by atoms with Gasteiger partial charge in [-0.25, -0.2) is 4.79 Å². The minimum absolute atomic E-state index is 0.118. The molecule has 0 fully saturated rings. The first-order valence-electron chi connectivity index (χ1n) is 6.47. The molecule has 0 aromatic rings. The molecular weight excluding hydrogens is 246 g/mol. The van der Waals surface area contributed by atoms with Crippen molar-refractivity contribution in [3.63, 3.8) is 0 Å². The van der Waals surface area contributed by atoms with Gasteiger partial charge in [-0.05, 0) is 41.3 Å². The minimum Gasteiger partial charge on any atom is -0.481 e. The molecule has 1 unspecified atom stereocenters. The maximum atomic E-state index is 11.7. The van der Waals surface area contributed by atoms with Crippen molar-refractivity contribution in [2.45, 2.75) is 39.7 Å². The molecule has 0 aliphatic carbocycles. The van der Waals surface area contributed by atoms with E-state index in [4.69, 9.17) is 5.11 Å². The van der Waals surface area contributed by atoms with E-state index in [2.05, 4.69) is 10.6 Å². The topological polar surface area (TPSA) is 81.7 Å². The lowest BCUT2D eigenvalue weighted by Crippen LogP contribution is -2.51. The summed E-state index contributed by atoms with van der Waals surface area (Å²) in [6.07, 6.45) is 0.464. The zero-order chi connectivity index (χ0) is 15.3. The van der Waals surface area contributed by atoms with E-state index in [1.54, 1.807) is 13.8 Å². The molecule has 0 aromatic carbocycles. The smallest absolute Gasteiger partial charge is 0.314 e. The average molecular weight is 273 g/mol. The second-order valence-corrected chi connectivity index (χ2v) is 5.96. The predicted octanol–water partition coefficient (Wildman–Crippen LogP) is 1.13. The first-order valence-corrected chi connectivity index (χ1v) is 6.47. The number of likely N-dealkylation sites (N-methyl/N-ethyl adjacent to an activating group) is 1. The van der Waals surface area contributed by atoms with Gasteiger partial charge in [0.25, 0.3) is 0 Å². The molecule has 0 radical (unpaired) electrons. The fraction of sp³-hybridized carbons (Fsp3) is 0.846. The molecule has 0 spiro atoms. The highest BCUT2D eigenvalue weighted by molar-refractivity contribution is 5.77. The third-order valence-corrected chi connectivity index (χ3v) is 3.83. The van der Waals surface area contributed by atoms with E-state index in [9.17, 15) is 9.59 Å². The molecule has 0 aliphatic heterocycles. The van der Waals surface area contributed by atoms with Crippen LogP contribution in [0.2, 0.25) is 0 Å². The first-order chi connectivity index (χ1) is 8.55. The number of carbonyl (C=O) groups excluding carboxylic acids is 1. The van der Waals surface area contributed by atoms with E-state index in [1.807, 2.05) is 32.8 Å². The highest BCUT2D eigenvalue weighted by atomic mass is 16.4. The second kappa shape index (κ2) is 6.75. The van der Waals surface area contributed by atoms with Gasteiger partial charge in [-0.1, -0.05) is 6.92 Å². The number of nitrogens with zero attached hydrogens (tertiary/aromatic N) is 1. The summed E-state index contributed by atoms with van der Waals surface area (Å²) >= 11 is 0. The Morgan fingerprint density at radius 1 is 1.11 bits per heavy atom. The van der Waals surface area contributed by atoms with Crippen molar-refractivity contribution >= 4 is 12.0 Å². The number of rotatable bonds is 7. The average Bonchev–Trinajstić information content (AvgIpc) is 2.33. The van der Waals surface area contributed by atoms with Crippen LogP contribution in [0.25, 0.3) is 0 Å². The van der Waals surface area contributed by atoms with Crippen LogP contribution >= 0.6 is 0 Å². The zero-order valence-electron chi connectivity index (χ0n) is 12.8. The van der Waals surface area contributed by atoms with Crippen molar-refractivity contribution in [1.82, 2.24) is 15.5 Å². The summed E-state index contributed by atoms with van der Waals surface area (Å²) in [6, 6.07) is -0.337. The Balaban J connectivity index is 4.24. The summed E-state index contributed by atoms with van der Waals surface area (Å²) in [5.74, 6) is -0.899. The fourth-order valence-corrected chi connectivity index (χ4v) is 1.14. The summed E-state index contributed by atoms with van der Waals surface area (Å²) in [6.45, 7) is 8.05. The van der Waals surface area contributed by atoms with Crippen LogP contribution in [0.15, 0.2) is 0 Å². The van der Waals surface area contributed by atoms with Crippen molar-refractivity contribution in [3.05, 3.63) is 0 Å². The Morgan fingerprint density at radius 2 is 1.58 bits per heavy atom. The van der Waals surface area contributed by atoms with Crippen LogP contribution < -0.4 is 10.6 Å². The molecule has 0 rings (SSSR count). The lowest BCUT2D eigenvalue weighted by atomic mass is 9.88. The number of nitrogens with one attached hydrogen (secondary N) is 2. The van der Waals surface area contributed by atoms with Gasteiger partial charge in [0.1, 0.15) is 0 Å². The largest absolute Gasteiger partial charge is 0.481 e. The molecule has 0 saturated heterocycles. The molecular formula is C13H27N3O3. The van der Waals surface area contributed by atoms with E-state index < -0.39 is 11.4 Å². The molecule has 0 heterocycles. The molecule has 19 heavy (non-hydrogen) atoms. The Bertz CT molecular complexity index is 329. The lowest BCUT2D eigenvalue weighted by Gasteiger charge is -2.32. The normalized spacial score (nSPS) is 14.9. The van der Waals surface area contributed by atoms with Gasteiger partial charge in [0.2, 0.25) is 0 Å². The highest BCUT2D eigenvalue weighted by Crippen LogP contribution is 2.19. The van der Waals surface area contributed by atoms with Crippen LogP contribution in [0, 0.1) is 5.41 Å². The third kappa shape index (κ3) is 5.46. The van der Waals surface area contributed by atoms with Gasteiger partial charge in [-0.15, -0.1) is 0 Å². The van der Waals surface area contributed by atoms with Crippen LogP contribution in [0.4, 0.5) is 4.79 Å². The Kier molecular flexibility index (Phi) is 6.29. The quantitative estimate of drug-likeness (QED) is 0.649. The summed E-state index contributed by atoms with van der Waals surface area (Å²) in [4.78, 5) is 24.8. The van der Waals surface area contributed by atoms with Crippen LogP contribution in [0.5, 0.6) is 0 Å². The molecule has 6 heteroatoms. The SMILES string of the molecule is CCC(C)(CNC(=O)NCC(C)(C)N(C)C)C(=O)O. The van der Waals surface area contributed by atoms with Crippen molar-refractivity contribution in [2.24, 2.45) is 5.41 Å². The van der Waals surface area contributed by atoms with Gasteiger partial charge in [0.05, 0.1) is 5.41 Å². The Hall–Kier alpha value is -1.30. The summed E-state index contributed by atoms with van der Waals surface area (Å²) in [5.41, 5.74) is -1.08. The Morgan fingerprint density at radius 3 is 1.95 bits per heavy atom. The number of carbonyl (C=O) groups is 2. The highest BCUT2D eigenvalue weighted by Gasteiger charge is 2.31. The van der Waals surface area contributed by atoms with E-state index in [-0.39, 0.29) is 18.1 Å². The summed E-state index contributed by atoms with van der Waals surface area (Å²) < 4.78 is 0. The number of aliphatic carboxylic acids is 1. The molecule has 3 N–H and O–H groups in total. The van der Waals surface area contributed by atoms with Crippen molar-refractivity contribution in [2.75, 3.05) is 27.2 Å². The number of hydrogen-bond donors (Lipinski definition) is 3. The second-order valence-electron chi connectivity index (χ2n) is 5.96. The van der Waals surface area contributed by atoms with Gasteiger partial charge < -0.3 is 20.6 Å². The molecule has 6 nitrogen and oxygen atoms in total. The van der Waals surface area contributed by atoms with Gasteiger partial charge >= 0.3 is 12.0 Å². The van der Waals surface area contributed by atoms with Crippen LogP contribution in [0.1, 0.15) is 34.1 Å².